The van der Waals surface area contributed by atoms with E-state index in [9.17, 15) is 9.50 Å². The average molecular weight is 400 g/mol. The van der Waals surface area contributed by atoms with E-state index in [0.717, 1.165) is 69.1 Å². The zero-order valence-corrected chi connectivity index (χ0v) is 16.7. The van der Waals surface area contributed by atoms with Crippen molar-refractivity contribution in [2.45, 2.75) is 38.4 Å². The summed E-state index contributed by atoms with van der Waals surface area (Å²) in [4.78, 5) is 13.5. The summed E-state index contributed by atoms with van der Waals surface area (Å²) in [6.07, 6.45) is 5.90. The molecule has 7 heteroatoms. The predicted molar refractivity (Wildman–Crippen MR) is 110 cm³/mol. The summed E-state index contributed by atoms with van der Waals surface area (Å²) in [6, 6.07) is 8.56. The second kappa shape index (κ2) is 9.50. The number of aromatic nitrogens is 2. The Morgan fingerprint density at radius 3 is 2.45 bits per heavy atom. The summed E-state index contributed by atoms with van der Waals surface area (Å²) in [5.41, 5.74) is 0.997. The fraction of sp³-hybridized carbons (Fsp3) is 0.545. The van der Waals surface area contributed by atoms with Crippen LogP contribution in [-0.2, 0) is 11.3 Å². The van der Waals surface area contributed by atoms with Crippen molar-refractivity contribution in [2.75, 3.05) is 42.6 Å². The predicted octanol–water partition coefficient (Wildman–Crippen LogP) is 3.01. The number of nitrogens with zero attached hydrogens (tertiary/aromatic N) is 4. The Bertz CT molecular complexity index is 781. The van der Waals surface area contributed by atoms with Gasteiger partial charge >= 0.3 is 0 Å². The van der Waals surface area contributed by atoms with Crippen LogP contribution in [0.5, 0.6) is 0 Å². The maximum atomic E-state index is 13.0. The fourth-order valence-electron chi connectivity index (χ4n) is 4.15. The van der Waals surface area contributed by atoms with Gasteiger partial charge in [0.25, 0.3) is 0 Å². The van der Waals surface area contributed by atoms with E-state index in [0.29, 0.717) is 12.5 Å². The monoisotopic (exact) mass is 400 g/mol. The average Bonchev–Trinajstić information content (AvgIpc) is 2.79. The van der Waals surface area contributed by atoms with Gasteiger partial charge in [-0.25, -0.2) is 14.4 Å². The number of rotatable bonds is 6. The Hall–Kier alpha value is -2.25. The van der Waals surface area contributed by atoms with E-state index in [1.807, 2.05) is 0 Å². The van der Waals surface area contributed by atoms with E-state index in [1.165, 1.54) is 12.1 Å². The second-order valence-corrected chi connectivity index (χ2v) is 8.00. The van der Waals surface area contributed by atoms with Gasteiger partial charge in [0.2, 0.25) is 0 Å². The van der Waals surface area contributed by atoms with Crippen molar-refractivity contribution in [3.63, 3.8) is 0 Å². The highest BCUT2D eigenvalue weighted by molar-refractivity contribution is 5.50. The number of anilines is 2. The molecule has 2 aliphatic rings. The number of aliphatic hydroxyl groups excluding tert-OH is 1. The lowest BCUT2D eigenvalue weighted by Crippen LogP contribution is -2.39. The summed E-state index contributed by atoms with van der Waals surface area (Å²) in [7, 11) is 0. The zero-order chi connectivity index (χ0) is 20.1. The van der Waals surface area contributed by atoms with E-state index in [2.05, 4.69) is 25.8 Å². The molecule has 0 spiro atoms. The molecule has 0 saturated carbocycles. The Morgan fingerprint density at radius 1 is 1.00 bits per heavy atom. The first-order valence-corrected chi connectivity index (χ1v) is 10.5. The van der Waals surface area contributed by atoms with Crippen LogP contribution in [0.3, 0.4) is 0 Å². The number of benzene rings is 1. The standard InChI is InChI=1S/C22H29FN4O2/c23-19-5-3-17(4-6-19)15-29-20-7-10-26(11-8-20)21-12-22(25-16-24-21)27-9-1-2-18(13-27)14-28/h3-6,12,16,18,20,28H,1-2,7-11,13-15H2. The highest BCUT2D eigenvalue weighted by Gasteiger charge is 2.23. The van der Waals surface area contributed by atoms with Crippen molar-refractivity contribution in [1.82, 2.24) is 9.97 Å². The van der Waals surface area contributed by atoms with Crippen LogP contribution < -0.4 is 9.80 Å². The molecule has 0 radical (unpaired) electrons. The Balaban J connectivity index is 1.30. The number of hydrogen-bond donors (Lipinski definition) is 1. The number of hydrogen-bond acceptors (Lipinski definition) is 6. The molecule has 3 heterocycles. The molecule has 2 saturated heterocycles. The molecule has 0 amide bonds. The van der Waals surface area contributed by atoms with E-state index in [1.54, 1.807) is 18.5 Å². The minimum absolute atomic E-state index is 0.213. The molecule has 0 aliphatic carbocycles. The molecule has 4 rings (SSSR count). The quantitative estimate of drug-likeness (QED) is 0.804. The van der Waals surface area contributed by atoms with Gasteiger partial charge in [-0.05, 0) is 49.3 Å². The summed E-state index contributed by atoms with van der Waals surface area (Å²) in [5.74, 6) is 2.01. The molecule has 6 nitrogen and oxygen atoms in total. The van der Waals surface area contributed by atoms with E-state index < -0.39 is 0 Å². The normalized spacial score (nSPS) is 20.8. The minimum Gasteiger partial charge on any atom is -0.396 e. The lowest BCUT2D eigenvalue weighted by molar-refractivity contribution is 0.0250. The van der Waals surface area contributed by atoms with Crippen molar-refractivity contribution in [2.24, 2.45) is 5.92 Å². The van der Waals surface area contributed by atoms with E-state index in [-0.39, 0.29) is 18.5 Å². The number of halogens is 1. The molecule has 2 fully saturated rings. The van der Waals surface area contributed by atoms with Gasteiger partial charge in [-0.1, -0.05) is 12.1 Å². The fourth-order valence-corrected chi connectivity index (χ4v) is 4.15. The third-order valence-electron chi connectivity index (χ3n) is 5.90. The molecule has 156 valence electrons. The van der Waals surface area contributed by atoms with Gasteiger partial charge in [-0.2, -0.15) is 0 Å². The van der Waals surface area contributed by atoms with E-state index in [4.69, 9.17) is 4.74 Å². The Kier molecular flexibility index (Phi) is 6.56. The molecule has 1 N–H and O–H groups in total. The van der Waals surface area contributed by atoms with Crippen LogP contribution in [0.25, 0.3) is 0 Å². The summed E-state index contributed by atoms with van der Waals surface area (Å²) < 4.78 is 19.0. The minimum atomic E-state index is -0.220. The summed E-state index contributed by atoms with van der Waals surface area (Å²) in [5, 5.41) is 9.47. The lowest BCUT2D eigenvalue weighted by Gasteiger charge is -2.35. The largest absolute Gasteiger partial charge is 0.396 e. The van der Waals surface area contributed by atoms with Crippen molar-refractivity contribution >= 4 is 11.6 Å². The summed E-state index contributed by atoms with van der Waals surface area (Å²) in [6.45, 7) is 4.37. The van der Waals surface area contributed by atoms with Gasteiger partial charge in [0, 0.05) is 38.9 Å². The third-order valence-corrected chi connectivity index (χ3v) is 5.90. The maximum Gasteiger partial charge on any atom is 0.134 e. The van der Waals surface area contributed by atoms with Gasteiger partial charge in [0.1, 0.15) is 23.8 Å². The van der Waals surface area contributed by atoms with E-state index >= 15 is 0 Å². The Morgan fingerprint density at radius 2 is 1.72 bits per heavy atom. The molecule has 1 atom stereocenters. The molecule has 1 unspecified atom stereocenters. The maximum absolute atomic E-state index is 13.0. The Labute approximate surface area is 171 Å². The van der Waals surface area contributed by atoms with Gasteiger partial charge in [0.15, 0.2) is 0 Å². The van der Waals surface area contributed by atoms with Crippen molar-refractivity contribution in [3.8, 4) is 0 Å². The SMILES string of the molecule is OCC1CCCN(c2cc(N3CCC(OCc4ccc(F)cc4)CC3)ncn2)C1. The van der Waals surface area contributed by atoms with Gasteiger partial charge < -0.3 is 19.6 Å². The summed E-state index contributed by atoms with van der Waals surface area (Å²) >= 11 is 0. The first-order chi connectivity index (χ1) is 14.2. The number of piperidine rings is 2. The van der Waals surface area contributed by atoms with Crippen molar-refractivity contribution < 1.29 is 14.2 Å². The van der Waals surface area contributed by atoms with Crippen molar-refractivity contribution in [3.05, 3.63) is 48.0 Å². The van der Waals surface area contributed by atoms with Crippen LogP contribution in [0.2, 0.25) is 0 Å². The van der Waals surface area contributed by atoms with Crippen molar-refractivity contribution in [1.29, 1.82) is 0 Å². The molecule has 2 aliphatic heterocycles. The molecule has 29 heavy (non-hydrogen) atoms. The first kappa shape index (κ1) is 20.0. The molecule has 1 aromatic carbocycles. The lowest BCUT2D eigenvalue weighted by atomic mass is 9.99. The molecule has 2 aromatic rings. The highest BCUT2D eigenvalue weighted by atomic mass is 19.1. The smallest absolute Gasteiger partial charge is 0.134 e. The van der Waals surface area contributed by atoms with Gasteiger partial charge in [-0.3, -0.25) is 0 Å². The third kappa shape index (κ3) is 5.22. The van der Waals surface area contributed by atoms with Crippen LogP contribution in [0.4, 0.5) is 16.0 Å². The van der Waals surface area contributed by atoms with Gasteiger partial charge in [0.05, 0.1) is 12.7 Å². The highest BCUT2D eigenvalue weighted by Crippen LogP contribution is 2.26. The zero-order valence-electron chi connectivity index (χ0n) is 16.7. The van der Waals surface area contributed by atoms with Crippen LogP contribution in [0.15, 0.2) is 36.7 Å². The number of ether oxygens (including phenoxy) is 1. The van der Waals surface area contributed by atoms with Crippen LogP contribution in [0, 0.1) is 11.7 Å². The van der Waals surface area contributed by atoms with Gasteiger partial charge in [-0.15, -0.1) is 0 Å². The van der Waals surface area contributed by atoms with Crippen LogP contribution in [0.1, 0.15) is 31.2 Å². The molecule has 1 aromatic heterocycles. The first-order valence-electron chi connectivity index (χ1n) is 10.5. The number of aliphatic hydroxyl groups is 1. The van der Waals surface area contributed by atoms with Crippen LogP contribution >= 0.6 is 0 Å². The second-order valence-electron chi connectivity index (χ2n) is 8.00. The van der Waals surface area contributed by atoms with Crippen LogP contribution in [-0.4, -0.2) is 54.0 Å². The molecular weight excluding hydrogens is 371 g/mol. The molecular formula is C22H29FN4O2. The topological polar surface area (TPSA) is 61.7 Å². The molecule has 0 bridgehead atoms.